The average Bonchev–Trinajstić information content (AvgIpc) is 3.04. The fourth-order valence-electron chi connectivity index (χ4n) is 2.72. The minimum absolute atomic E-state index is 0.0396. The summed E-state index contributed by atoms with van der Waals surface area (Å²) in [6, 6.07) is 3.79. The fraction of sp³-hybridized carbons (Fsp3) is 0.400. The summed E-state index contributed by atoms with van der Waals surface area (Å²) in [5.41, 5.74) is 1.60. The Morgan fingerprint density at radius 3 is 2.67 bits per heavy atom. The number of carbonyl (C=O) groups is 1. The zero-order valence-corrected chi connectivity index (χ0v) is 13.5. The maximum absolute atomic E-state index is 12.8. The molecule has 0 saturated carbocycles. The molecule has 112 valence electrons. The van der Waals surface area contributed by atoms with Crippen molar-refractivity contribution in [3.63, 3.8) is 0 Å². The van der Waals surface area contributed by atoms with Crippen LogP contribution in [0, 0.1) is 0 Å². The highest BCUT2D eigenvalue weighted by atomic mass is 35.5. The van der Waals surface area contributed by atoms with Gasteiger partial charge in [0.25, 0.3) is 5.91 Å². The van der Waals surface area contributed by atoms with Crippen molar-refractivity contribution in [3.05, 3.63) is 34.4 Å². The number of H-pyrrole nitrogens is 1. The van der Waals surface area contributed by atoms with Crippen molar-refractivity contribution < 1.29 is 9.53 Å². The second kappa shape index (κ2) is 5.83. The second-order valence-electron chi connectivity index (χ2n) is 5.35. The molecule has 0 unspecified atom stereocenters. The molecule has 2 aromatic rings. The van der Waals surface area contributed by atoms with E-state index >= 15 is 0 Å². The van der Waals surface area contributed by atoms with Gasteiger partial charge in [0.15, 0.2) is 0 Å². The van der Waals surface area contributed by atoms with Gasteiger partial charge in [0.05, 0.1) is 22.1 Å². The molecular formula is C15H17ClN2O2S. The van der Waals surface area contributed by atoms with Gasteiger partial charge in [0, 0.05) is 35.9 Å². The summed E-state index contributed by atoms with van der Waals surface area (Å²) in [5.74, 6) is 0.0396. The number of aromatic amines is 1. The SMILES string of the molecule is C[C@H]1CN(C(=O)c2c[nH]cc2-c2ccc(Cl)s2)C[C@H](C)O1. The Morgan fingerprint density at radius 1 is 1.33 bits per heavy atom. The number of nitrogens with one attached hydrogen (secondary N) is 1. The molecule has 0 aliphatic carbocycles. The molecule has 2 atom stereocenters. The maximum Gasteiger partial charge on any atom is 0.256 e. The number of thiophene rings is 1. The van der Waals surface area contributed by atoms with E-state index < -0.39 is 0 Å². The number of halogens is 1. The summed E-state index contributed by atoms with van der Waals surface area (Å²) < 4.78 is 6.41. The lowest BCUT2D eigenvalue weighted by atomic mass is 10.1. The Morgan fingerprint density at radius 2 is 2.05 bits per heavy atom. The van der Waals surface area contributed by atoms with E-state index in [1.54, 1.807) is 6.20 Å². The van der Waals surface area contributed by atoms with Gasteiger partial charge < -0.3 is 14.6 Å². The van der Waals surface area contributed by atoms with E-state index in [2.05, 4.69) is 4.98 Å². The van der Waals surface area contributed by atoms with Crippen molar-refractivity contribution in [1.29, 1.82) is 0 Å². The molecule has 6 heteroatoms. The van der Waals surface area contributed by atoms with Crippen molar-refractivity contribution in [3.8, 4) is 10.4 Å². The molecular weight excluding hydrogens is 308 g/mol. The summed E-state index contributed by atoms with van der Waals surface area (Å²) in [4.78, 5) is 18.7. The van der Waals surface area contributed by atoms with Gasteiger partial charge in [-0.1, -0.05) is 11.6 Å². The van der Waals surface area contributed by atoms with Gasteiger partial charge in [-0.15, -0.1) is 11.3 Å². The highest BCUT2D eigenvalue weighted by molar-refractivity contribution is 7.19. The molecule has 0 radical (unpaired) electrons. The van der Waals surface area contributed by atoms with E-state index in [0.29, 0.717) is 18.7 Å². The first-order valence-corrected chi connectivity index (χ1v) is 8.11. The third-order valence-electron chi connectivity index (χ3n) is 3.52. The van der Waals surface area contributed by atoms with E-state index in [1.807, 2.05) is 37.1 Å². The molecule has 1 aliphatic rings. The minimum Gasteiger partial charge on any atom is -0.372 e. The number of rotatable bonds is 2. The molecule has 21 heavy (non-hydrogen) atoms. The zero-order chi connectivity index (χ0) is 15.0. The van der Waals surface area contributed by atoms with Crippen LogP contribution in [-0.2, 0) is 4.74 Å². The van der Waals surface area contributed by atoms with Crippen molar-refractivity contribution in [2.24, 2.45) is 0 Å². The van der Waals surface area contributed by atoms with Crippen LogP contribution in [0.5, 0.6) is 0 Å². The molecule has 1 amide bonds. The summed E-state index contributed by atoms with van der Waals surface area (Å²) in [6.45, 7) is 5.23. The number of morpholine rings is 1. The summed E-state index contributed by atoms with van der Waals surface area (Å²) in [6.07, 6.45) is 3.74. The van der Waals surface area contributed by atoms with Gasteiger partial charge in [-0.05, 0) is 26.0 Å². The van der Waals surface area contributed by atoms with Gasteiger partial charge in [-0.25, -0.2) is 0 Å². The molecule has 1 saturated heterocycles. The van der Waals surface area contributed by atoms with E-state index in [1.165, 1.54) is 11.3 Å². The Balaban J connectivity index is 1.87. The minimum atomic E-state index is 0.0396. The number of carbonyl (C=O) groups excluding carboxylic acids is 1. The number of hydrogen-bond donors (Lipinski definition) is 1. The van der Waals surface area contributed by atoms with Gasteiger partial charge in [-0.3, -0.25) is 4.79 Å². The molecule has 1 aliphatic heterocycles. The Bertz CT molecular complexity index is 642. The zero-order valence-electron chi connectivity index (χ0n) is 11.9. The molecule has 4 nitrogen and oxygen atoms in total. The highest BCUT2D eigenvalue weighted by Crippen LogP contribution is 2.33. The molecule has 1 fully saturated rings. The van der Waals surface area contributed by atoms with E-state index in [-0.39, 0.29) is 18.1 Å². The van der Waals surface area contributed by atoms with Gasteiger partial charge in [-0.2, -0.15) is 0 Å². The lowest BCUT2D eigenvalue weighted by Gasteiger charge is -2.35. The van der Waals surface area contributed by atoms with Crippen molar-refractivity contribution in [2.75, 3.05) is 13.1 Å². The number of ether oxygens (including phenoxy) is 1. The van der Waals surface area contributed by atoms with Crippen LogP contribution in [0.4, 0.5) is 0 Å². The summed E-state index contributed by atoms with van der Waals surface area (Å²) in [5, 5.41) is 0. The molecule has 0 aromatic carbocycles. The molecule has 0 spiro atoms. The largest absolute Gasteiger partial charge is 0.372 e. The molecule has 3 rings (SSSR count). The van der Waals surface area contributed by atoms with Crippen LogP contribution in [0.3, 0.4) is 0 Å². The lowest BCUT2D eigenvalue weighted by Crippen LogP contribution is -2.48. The van der Waals surface area contributed by atoms with Crippen LogP contribution in [0.1, 0.15) is 24.2 Å². The van der Waals surface area contributed by atoms with Crippen molar-refractivity contribution in [2.45, 2.75) is 26.1 Å². The Labute approximate surface area is 132 Å². The van der Waals surface area contributed by atoms with Gasteiger partial charge >= 0.3 is 0 Å². The smallest absolute Gasteiger partial charge is 0.256 e. The molecule has 2 aromatic heterocycles. The van der Waals surface area contributed by atoms with Gasteiger partial charge in [0.2, 0.25) is 0 Å². The molecule has 1 N–H and O–H groups in total. The predicted octanol–water partition coefficient (Wildman–Crippen LogP) is 3.65. The number of aromatic nitrogens is 1. The Hall–Kier alpha value is -1.30. The standard InChI is InChI=1S/C15H17ClN2O2S/c1-9-7-18(8-10(2)20-9)15(19)12-6-17-5-11(12)13-3-4-14(16)21-13/h3-6,9-10,17H,7-8H2,1-2H3/t9-,10-/m0/s1. The van der Waals surface area contributed by atoms with Crippen LogP contribution in [0.25, 0.3) is 10.4 Å². The lowest BCUT2D eigenvalue weighted by molar-refractivity contribution is -0.0585. The summed E-state index contributed by atoms with van der Waals surface area (Å²) >= 11 is 7.47. The predicted molar refractivity (Wildman–Crippen MR) is 85.0 cm³/mol. The second-order valence-corrected chi connectivity index (χ2v) is 7.07. The van der Waals surface area contributed by atoms with Crippen LogP contribution < -0.4 is 0 Å². The van der Waals surface area contributed by atoms with Crippen LogP contribution in [0.2, 0.25) is 4.34 Å². The Kier molecular flexibility index (Phi) is 4.06. The average molecular weight is 325 g/mol. The third kappa shape index (κ3) is 3.00. The van der Waals surface area contributed by atoms with Crippen LogP contribution >= 0.6 is 22.9 Å². The first kappa shape index (κ1) is 14.6. The highest BCUT2D eigenvalue weighted by Gasteiger charge is 2.28. The topological polar surface area (TPSA) is 45.3 Å². The molecule has 3 heterocycles. The fourth-order valence-corrected chi connectivity index (χ4v) is 3.79. The normalized spacial score (nSPS) is 22.5. The van der Waals surface area contributed by atoms with Crippen LogP contribution in [0.15, 0.2) is 24.5 Å². The number of amides is 1. The van der Waals surface area contributed by atoms with E-state index in [0.717, 1.165) is 14.8 Å². The number of hydrogen-bond acceptors (Lipinski definition) is 3. The quantitative estimate of drug-likeness (QED) is 0.916. The first-order chi connectivity index (χ1) is 10.0. The van der Waals surface area contributed by atoms with Crippen molar-refractivity contribution in [1.82, 2.24) is 9.88 Å². The maximum atomic E-state index is 12.8. The monoisotopic (exact) mass is 324 g/mol. The molecule has 0 bridgehead atoms. The van der Waals surface area contributed by atoms with Crippen LogP contribution in [-0.4, -0.2) is 41.1 Å². The van der Waals surface area contributed by atoms with E-state index in [4.69, 9.17) is 16.3 Å². The first-order valence-electron chi connectivity index (χ1n) is 6.92. The van der Waals surface area contributed by atoms with E-state index in [9.17, 15) is 4.79 Å². The van der Waals surface area contributed by atoms with Gasteiger partial charge in [0.1, 0.15) is 0 Å². The summed E-state index contributed by atoms with van der Waals surface area (Å²) in [7, 11) is 0. The number of nitrogens with zero attached hydrogens (tertiary/aromatic N) is 1. The third-order valence-corrected chi connectivity index (χ3v) is 4.79. The van der Waals surface area contributed by atoms with Crippen molar-refractivity contribution >= 4 is 28.8 Å².